The van der Waals surface area contributed by atoms with Gasteiger partial charge in [-0.1, -0.05) is 25.6 Å². The Morgan fingerprint density at radius 1 is 0.923 bits per heavy atom. The van der Waals surface area contributed by atoms with Crippen LogP contribution in [0.1, 0.15) is 0 Å². The van der Waals surface area contributed by atoms with E-state index in [9.17, 15) is 0 Å². The summed E-state index contributed by atoms with van der Waals surface area (Å²) in [5.41, 5.74) is 0. The van der Waals surface area contributed by atoms with Gasteiger partial charge in [0.25, 0.3) is 0 Å². The molecular formula is C10H22OSi2. The summed E-state index contributed by atoms with van der Waals surface area (Å²) in [6.07, 6.45) is 0. The van der Waals surface area contributed by atoms with E-state index < -0.39 is 16.4 Å². The highest BCUT2D eigenvalue weighted by Gasteiger charge is 2.12. The molecule has 0 atom stereocenters. The molecule has 0 aliphatic heterocycles. The first kappa shape index (κ1) is 13.0. The molecule has 0 radical (unpaired) electrons. The fourth-order valence-electron chi connectivity index (χ4n) is 0.631. The lowest BCUT2D eigenvalue weighted by Gasteiger charge is -2.14. The van der Waals surface area contributed by atoms with Crippen LogP contribution in [0.4, 0.5) is 0 Å². The lowest BCUT2D eigenvalue weighted by atomic mass is 10.6. The van der Waals surface area contributed by atoms with Gasteiger partial charge in [0.15, 0.2) is 8.32 Å². The molecule has 0 saturated heterocycles. The van der Waals surface area contributed by atoms with E-state index in [0.717, 1.165) is 6.04 Å². The molecule has 0 rings (SSSR count). The predicted molar refractivity (Wildman–Crippen MR) is 65.2 cm³/mol. The summed E-state index contributed by atoms with van der Waals surface area (Å²) in [4.78, 5) is 0. The van der Waals surface area contributed by atoms with Gasteiger partial charge in [0.2, 0.25) is 0 Å². The Labute approximate surface area is 85.0 Å². The van der Waals surface area contributed by atoms with Crippen LogP contribution in [0, 0.1) is 11.8 Å². The smallest absolute Gasteiger partial charge is 0.185 e. The van der Waals surface area contributed by atoms with Crippen molar-refractivity contribution in [3.05, 3.63) is 0 Å². The zero-order valence-electron chi connectivity index (χ0n) is 9.82. The minimum atomic E-state index is -1.34. The van der Waals surface area contributed by atoms with Gasteiger partial charge < -0.3 is 4.43 Å². The molecule has 1 nitrogen and oxygen atoms in total. The van der Waals surface area contributed by atoms with E-state index in [-0.39, 0.29) is 0 Å². The minimum absolute atomic E-state index is 0.625. The third-order valence-corrected chi connectivity index (χ3v) is 3.57. The van der Waals surface area contributed by atoms with Crippen LogP contribution in [0.2, 0.25) is 45.3 Å². The van der Waals surface area contributed by atoms with E-state index in [1.165, 1.54) is 0 Å². The largest absolute Gasteiger partial charge is 0.407 e. The molecule has 0 aromatic carbocycles. The summed E-state index contributed by atoms with van der Waals surface area (Å²) in [6, 6.07) is 1.09. The molecule has 0 heterocycles. The fourth-order valence-corrected chi connectivity index (χ4v) is 1.79. The number of hydrogen-bond donors (Lipinski definition) is 0. The average molecular weight is 214 g/mol. The van der Waals surface area contributed by atoms with Crippen molar-refractivity contribution in [1.82, 2.24) is 0 Å². The third kappa shape index (κ3) is 12.0. The first-order chi connectivity index (χ1) is 5.71. The molecule has 0 fully saturated rings. The lowest BCUT2D eigenvalue weighted by molar-refractivity contribution is 0.365. The molecule has 0 unspecified atom stereocenters. The normalized spacial score (nSPS) is 12.2. The molecule has 0 aromatic heterocycles. The number of hydrogen-bond acceptors (Lipinski definition) is 1. The van der Waals surface area contributed by atoms with Crippen molar-refractivity contribution in [3.63, 3.8) is 0 Å². The Morgan fingerprint density at radius 3 is 1.85 bits per heavy atom. The molecule has 3 heteroatoms. The zero-order chi connectivity index (χ0) is 10.5. The van der Waals surface area contributed by atoms with Gasteiger partial charge in [0.05, 0.1) is 14.7 Å². The predicted octanol–water partition coefficient (Wildman–Crippen LogP) is 3.18. The molecule has 0 aliphatic rings. The second kappa shape index (κ2) is 4.99. The van der Waals surface area contributed by atoms with Crippen molar-refractivity contribution in [2.24, 2.45) is 0 Å². The monoisotopic (exact) mass is 214 g/mol. The topological polar surface area (TPSA) is 9.23 Å². The minimum Gasteiger partial charge on any atom is -0.407 e. The first-order valence-electron chi connectivity index (χ1n) is 4.80. The molecule has 13 heavy (non-hydrogen) atoms. The van der Waals surface area contributed by atoms with E-state index in [1.54, 1.807) is 0 Å². The van der Waals surface area contributed by atoms with Crippen LogP contribution in [0.5, 0.6) is 0 Å². The van der Waals surface area contributed by atoms with Crippen LogP contribution in [0.15, 0.2) is 0 Å². The first-order valence-corrected chi connectivity index (χ1v) is 11.9. The number of rotatable bonds is 3. The molecular weight excluding hydrogens is 192 g/mol. The summed E-state index contributed by atoms with van der Waals surface area (Å²) in [5.74, 6) is 6.30. The molecule has 0 aliphatic carbocycles. The highest BCUT2D eigenvalue weighted by atomic mass is 28.4. The van der Waals surface area contributed by atoms with Crippen molar-refractivity contribution in [2.45, 2.75) is 45.3 Å². The molecule has 0 spiro atoms. The van der Waals surface area contributed by atoms with Gasteiger partial charge >= 0.3 is 0 Å². The van der Waals surface area contributed by atoms with Crippen LogP contribution in [0.25, 0.3) is 0 Å². The van der Waals surface area contributed by atoms with Crippen LogP contribution < -0.4 is 0 Å². The molecule has 0 aromatic rings. The van der Waals surface area contributed by atoms with Crippen LogP contribution in [-0.2, 0) is 4.43 Å². The van der Waals surface area contributed by atoms with Gasteiger partial charge in [-0.25, -0.2) is 0 Å². The van der Waals surface area contributed by atoms with Crippen molar-refractivity contribution >= 4 is 16.4 Å². The quantitative estimate of drug-likeness (QED) is 0.518. The summed E-state index contributed by atoms with van der Waals surface area (Å²) >= 11 is 0. The van der Waals surface area contributed by atoms with Crippen molar-refractivity contribution in [3.8, 4) is 11.8 Å². The van der Waals surface area contributed by atoms with Crippen molar-refractivity contribution in [2.75, 3.05) is 6.61 Å². The Kier molecular flexibility index (Phi) is 4.97. The van der Waals surface area contributed by atoms with Crippen LogP contribution >= 0.6 is 0 Å². The second-order valence-corrected chi connectivity index (χ2v) is 15.5. The van der Waals surface area contributed by atoms with E-state index in [0.29, 0.717) is 6.61 Å². The van der Waals surface area contributed by atoms with Crippen molar-refractivity contribution < 1.29 is 4.43 Å². The highest BCUT2D eigenvalue weighted by molar-refractivity contribution is 6.76. The highest BCUT2D eigenvalue weighted by Crippen LogP contribution is 2.05. The molecule has 0 bridgehead atoms. The summed E-state index contributed by atoms with van der Waals surface area (Å²) in [7, 11) is -2.32. The standard InChI is InChI=1S/C10H22OSi2/c1-12(2,3)10-8-7-9-11-13(4,5)6/h9-10H2,1-6H3. The van der Waals surface area contributed by atoms with Crippen LogP contribution in [-0.4, -0.2) is 23.0 Å². The fraction of sp³-hybridized carbons (Fsp3) is 0.800. The maximum Gasteiger partial charge on any atom is 0.185 e. The zero-order valence-corrected chi connectivity index (χ0v) is 11.8. The maximum atomic E-state index is 5.62. The van der Waals surface area contributed by atoms with Gasteiger partial charge in [0, 0.05) is 6.04 Å². The van der Waals surface area contributed by atoms with E-state index in [4.69, 9.17) is 4.43 Å². The summed E-state index contributed by atoms with van der Waals surface area (Å²) in [5, 5.41) is 0. The van der Waals surface area contributed by atoms with E-state index in [2.05, 4.69) is 51.1 Å². The van der Waals surface area contributed by atoms with E-state index >= 15 is 0 Å². The van der Waals surface area contributed by atoms with Gasteiger partial charge in [-0.15, -0.1) is 5.92 Å². The Bertz CT molecular complexity index is 200. The van der Waals surface area contributed by atoms with Gasteiger partial charge in [0.1, 0.15) is 0 Å². The SMILES string of the molecule is C[Si](C)(C)CC#CCO[Si](C)(C)C. The third-order valence-electron chi connectivity index (χ3n) is 1.32. The summed E-state index contributed by atoms with van der Waals surface area (Å²) < 4.78 is 5.62. The van der Waals surface area contributed by atoms with Crippen LogP contribution in [0.3, 0.4) is 0 Å². The summed E-state index contributed by atoms with van der Waals surface area (Å²) in [6.45, 7) is 14.2. The molecule has 0 N–H and O–H groups in total. The van der Waals surface area contributed by atoms with Gasteiger partial charge in [-0.2, -0.15) is 0 Å². The Morgan fingerprint density at radius 2 is 1.46 bits per heavy atom. The van der Waals surface area contributed by atoms with Gasteiger partial charge in [-0.3, -0.25) is 0 Å². The Hall–Kier alpha value is -0.0462. The molecule has 0 saturated carbocycles. The maximum absolute atomic E-state index is 5.62. The molecule has 76 valence electrons. The molecule has 0 amide bonds. The van der Waals surface area contributed by atoms with E-state index in [1.807, 2.05) is 0 Å². The average Bonchev–Trinajstić information content (AvgIpc) is 1.81. The van der Waals surface area contributed by atoms with Crippen molar-refractivity contribution in [1.29, 1.82) is 0 Å². The van der Waals surface area contributed by atoms with Gasteiger partial charge in [-0.05, 0) is 19.6 Å². The lowest BCUT2D eigenvalue weighted by Crippen LogP contribution is -2.25. The second-order valence-electron chi connectivity index (χ2n) is 5.49. The Balaban J connectivity index is 3.65.